The number of carbonyl (C=O) groups excluding carboxylic acids is 1. The first-order valence-electron chi connectivity index (χ1n) is 9.42. The Morgan fingerprint density at radius 1 is 1.07 bits per heavy atom. The van der Waals surface area contributed by atoms with Crippen LogP contribution in [-0.2, 0) is 14.9 Å². The lowest BCUT2D eigenvalue weighted by atomic mass is 10.2. The highest BCUT2D eigenvalue weighted by molar-refractivity contribution is 7.86. The summed E-state index contributed by atoms with van der Waals surface area (Å²) in [5, 5.41) is 0.627. The first-order valence-corrected chi connectivity index (χ1v) is 11.2. The first kappa shape index (κ1) is 21.9. The van der Waals surface area contributed by atoms with Crippen molar-refractivity contribution in [3.05, 3.63) is 18.5 Å². The van der Waals surface area contributed by atoms with Crippen LogP contribution in [0.5, 0.6) is 11.5 Å². The molecule has 0 spiro atoms. The minimum Gasteiger partial charge on any atom is -0.493 e. The normalized spacial score (nSPS) is 15.2. The Morgan fingerprint density at radius 3 is 2.30 bits per heavy atom. The topological polar surface area (TPSA) is 111 Å². The molecule has 0 unspecified atom stereocenters. The molecule has 1 amide bonds. The van der Waals surface area contributed by atoms with E-state index >= 15 is 0 Å². The van der Waals surface area contributed by atoms with Gasteiger partial charge in [0.05, 0.1) is 18.9 Å². The fourth-order valence-corrected chi connectivity index (χ4v) is 3.57. The molecular weight excluding hydrogens is 412 g/mol. The first-order chi connectivity index (χ1) is 14.0. The van der Waals surface area contributed by atoms with Gasteiger partial charge in [0, 0.05) is 37.6 Å². The van der Waals surface area contributed by atoms with Gasteiger partial charge in [-0.15, -0.1) is 0 Å². The number of piperazine rings is 1. The van der Waals surface area contributed by atoms with E-state index in [1.54, 1.807) is 17.0 Å². The number of anilines is 1. The van der Waals surface area contributed by atoms with E-state index in [9.17, 15) is 13.2 Å². The Kier molecular flexibility index (Phi) is 5.93. The second-order valence-electron chi connectivity index (χ2n) is 7.96. The second kappa shape index (κ2) is 8.13. The molecular formula is C19H26N4O6S. The molecule has 1 aliphatic heterocycles. The molecule has 0 N–H and O–H groups in total. The van der Waals surface area contributed by atoms with Crippen LogP contribution in [-0.4, -0.2) is 74.5 Å². The number of benzene rings is 1. The van der Waals surface area contributed by atoms with Crippen LogP contribution in [0.15, 0.2) is 18.5 Å². The molecule has 3 rings (SSSR count). The van der Waals surface area contributed by atoms with E-state index in [-0.39, 0.29) is 17.6 Å². The quantitative estimate of drug-likeness (QED) is 0.662. The summed E-state index contributed by atoms with van der Waals surface area (Å²) in [7, 11) is -2.32. The van der Waals surface area contributed by atoms with Crippen LogP contribution in [0.2, 0.25) is 0 Å². The Balaban J connectivity index is 1.86. The van der Waals surface area contributed by atoms with Gasteiger partial charge >= 0.3 is 16.2 Å². The molecule has 1 saturated heterocycles. The van der Waals surface area contributed by atoms with Gasteiger partial charge in [-0.2, -0.15) is 8.42 Å². The highest BCUT2D eigenvalue weighted by Gasteiger charge is 2.27. The van der Waals surface area contributed by atoms with Crippen molar-refractivity contribution >= 4 is 32.9 Å². The van der Waals surface area contributed by atoms with Gasteiger partial charge in [-0.3, -0.25) is 0 Å². The van der Waals surface area contributed by atoms with Gasteiger partial charge in [-0.1, -0.05) is 0 Å². The number of amides is 1. The lowest BCUT2D eigenvalue weighted by Crippen LogP contribution is -2.50. The number of hydrogen-bond donors (Lipinski definition) is 0. The number of carbonyl (C=O) groups is 1. The Bertz CT molecular complexity index is 1040. The number of hydrogen-bond acceptors (Lipinski definition) is 9. The molecule has 0 aliphatic carbocycles. The fraction of sp³-hybridized carbons (Fsp3) is 0.526. The highest BCUT2D eigenvalue weighted by atomic mass is 32.2. The van der Waals surface area contributed by atoms with E-state index in [0.29, 0.717) is 42.9 Å². The van der Waals surface area contributed by atoms with Crippen LogP contribution in [0.25, 0.3) is 10.9 Å². The Morgan fingerprint density at radius 2 is 1.73 bits per heavy atom. The van der Waals surface area contributed by atoms with Crippen LogP contribution in [0, 0.1) is 0 Å². The maximum Gasteiger partial charge on any atom is 0.410 e. The van der Waals surface area contributed by atoms with Gasteiger partial charge in [0.2, 0.25) is 0 Å². The molecule has 0 saturated carbocycles. The van der Waals surface area contributed by atoms with E-state index in [4.69, 9.17) is 13.7 Å². The summed E-state index contributed by atoms with van der Waals surface area (Å²) in [6, 6.07) is 3.17. The monoisotopic (exact) mass is 438 g/mol. The highest BCUT2D eigenvalue weighted by Crippen LogP contribution is 2.35. The molecule has 0 bridgehead atoms. The number of methoxy groups -OCH3 is 1. The van der Waals surface area contributed by atoms with E-state index in [1.165, 1.54) is 13.4 Å². The van der Waals surface area contributed by atoms with Crippen molar-refractivity contribution in [3.8, 4) is 11.5 Å². The summed E-state index contributed by atoms with van der Waals surface area (Å²) in [5.41, 5.74) is 0.0406. The molecule has 11 heteroatoms. The van der Waals surface area contributed by atoms with Crippen molar-refractivity contribution in [1.82, 2.24) is 14.9 Å². The van der Waals surface area contributed by atoms with E-state index < -0.39 is 15.7 Å². The number of aromatic nitrogens is 2. The van der Waals surface area contributed by atoms with Crippen LogP contribution >= 0.6 is 0 Å². The van der Waals surface area contributed by atoms with E-state index in [2.05, 4.69) is 9.97 Å². The van der Waals surface area contributed by atoms with Gasteiger partial charge in [0.25, 0.3) is 0 Å². The van der Waals surface area contributed by atoms with Crippen molar-refractivity contribution in [2.75, 3.05) is 44.4 Å². The Labute approximate surface area is 175 Å². The van der Waals surface area contributed by atoms with E-state index in [1.807, 2.05) is 25.7 Å². The number of rotatable bonds is 4. The molecule has 1 aromatic carbocycles. The zero-order valence-corrected chi connectivity index (χ0v) is 18.5. The van der Waals surface area contributed by atoms with Crippen molar-refractivity contribution in [3.63, 3.8) is 0 Å². The molecule has 1 fully saturated rings. The fourth-order valence-electron chi connectivity index (χ4n) is 3.12. The Hall–Kier alpha value is -2.82. The largest absolute Gasteiger partial charge is 0.493 e. The molecule has 0 atom stereocenters. The zero-order valence-electron chi connectivity index (χ0n) is 17.7. The van der Waals surface area contributed by atoms with Crippen LogP contribution in [0.4, 0.5) is 10.6 Å². The maximum atomic E-state index is 12.3. The minimum atomic E-state index is -3.74. The lowest BCUT2D eigenvalue weighted by Gasteiger charge is -2.36. The zero-order chi connectivity index (χ0) is 22.1. The van der Waals surface area contributed by atoms with Gasteiger partial charge < -0.3 is 23.5 Å². The summed E-state index contributed by atoms with van der Waals surface area (Å²) >= 11 is 0. The molecule has 164 valence electrons. The predicted molar refractivity (Wildman–Crippen MR) is 112 cm³/mol. The summed E-state index contributed by atoms with van der Waals surface area (Å²) in [6.07, 6.45) is 2.06. The SMILES string of the molecule is COc1cc2ncnc(N3CCN(C(=O)OC(C)(C)C)CC3)c2cc1OS(C)(=O)=O. The standard InChI is InChI=1S/C19H26N4O6S/c1-19(2,3)28-18(24)23-8-6-22(7-9-23)17-13-10-16(29-30(5,25)26)15(27-4)11-14(13)20-12-21-17/h10-12H,6-9H2,1-5H3. The molecule has 0 radical (unpaired) electrons. The molecule has 2 aromatic rings. The summed E-state index contributed by atoms with van der Waals surface area (Å²) < 4.78 is 39.0. The number of fused-ring (bicyclic) bond motifs is 1. The summed E-state index contributed by atoms with van der Waals surface area (Å²) in [4.78, 5) is 24.6. The second-order valence-corrected chi connectivity index (χ2v) is 9.53. The molecule has 10 nitrogen and oxygen atoms in total. The summed E-state index contributed by atoms with van der Waals surface area (Å²) in [5.74, 6) is 0.952. The van der Waals surface area contributed by atoms with Crippen LogP contribution in [0.3, 0.4) is 0 Å². The summed E-state index contributed by atoms with van der Waals surface area (Å²) in [6.45, 7) is 7.53. The van der Waals surface area contributed by atoms with E-state index in [0.717, 1.165) is 6.26 Å². The average Bonchev–Trinajstić information content (AvgIpc) is 2.64. The molecule has 1 aromatic heterocycles. The lowest BCUT2D eigenvalue weighted by molar-refractivity contribution is 0.0240. The number of ether oxygens (including phenoxy) is 2. The predicted octanol–water partition coefficient (Wildman–Crippen LogP) is 2.03. The van der Waals surface area contributed by atoms with Crippen LogP contribution in [0.1, 0.15) is 20.8 Å². The van der Waals surface area contributed by atoms with Crippen LogP contribution < -0.4 is 13.8 Å². The third kappa shape index (κ3) is 5.21. The van der Waals surface area contributed by atoms with Crippen molar-refractivity contribution in [1.29, 1.82) is 0 Å². The minimum absolute atomic E-state index is 0.0657. The van der Waals surface area contributed by atoms with Crippen molar-refractivity contribution in [2.45, 2.75) is 26.4 Å². The van der Waals surface area contributed by atoms with Gasteiger partial charge in [-0.25, -0.2) is 14.8 Å². The average molecular weight is 439 g/mol. The van der Waals surface area contributed by atoms with Gasteiger partial charge in [-0.05, 0) is 26.8 Å². The molecule has 2 heterocycles. The molecule has 30 heavy (non-hydrogen) atoms. The van der Waals surface area contributed by atoms with Gasteiger partial charge in [0.1, 0.15) is 17.7 Å². The number of nitrogens with zero attached hydrogens (tertiary/aromatic N) is 4. The van der Waals surface area contributed by atoms with Gasteiger partial charge in [0.15, 0.2) is 11.5 Å². The van der Waals surface area contributed by atoms with Crippen molar-refractivity contribution in [2.24, 2.45) is 0 Å². The third-order valence-electron chi connectivity index (χ3n) is 4.37. The molecule has 1 aliphatic rings. The van der Waals surface area contributed by atoms with Crippen molar-refractivity contribution < 1.29 is 26.9 Å². The maximum absolute atomic E-state index is 12.3. The smallest absolute Gasteiger partial charge is 0.410 e. The third-order valence-corrected chi connectivity index (χ3v) is 4.85.